The lowest BCUT2D eigenvalue weighted by molar-refractivity contribution is 0.518. The largest absolute Gasteiger partial charge is 0.356 e. The summed E-state index contributed by atoms with van der Waals surface area (Å²) in [6.07, 6.45) is 8.74. The molecule has 0 saturated carbocycles. The zero-order chi connectivity index (χ0) is 16.5. The van der Waals surface area contributed by atoms with E-state index in [9.17, 15) is 0 Å². The monoisotopic (exact) mass is 320 g/mol. The van der Waals surface area contributed by atoms with Crippen molar-refractivity contribution in [1.82, 2.24) is 25.4 Å². The number of rotatable bonds is 9. The van der Waals surface area contributed by atoms with Crippen LogP contribution >= 0.6 is 0 Å². The smallest absolute Gasteiger partial charge is 0.191 e. The summed E-state index contributed by atoms with van der Waals surface area (Å²) in [6, 6.07) is 0. The number of aryl methyl sites for hydroxylation is 1. The van der Waals surface area contributed by atoms with E-state index < -0.39 is 0 Å². The average Bonchev–Trinajstić information content (AvgIpc) is 3.13. The molecule has 2 heterocycles. The van der Waals surface area contributed by atoms with Crippen molar-refractivity contribution < 1.29 is 0 Å². The van der Waals surface area contributed by atoms with Crippen molar-refractivity contribution >= 4 is 5.96 Å². The van der Waals surface area contributed by atoms with Gasteiger partial charge in [-0.1, -0.05) is 39.5 Å². The van der Waals surface area contributed by atoms with Crippen LogP contribution in [0.2, 0.25) is 0 Å². The first-order valence-corrected chi connectivity index (χ1v) is 9.06. The lowest BCUT2D eigenvalue weighted by atomic mass is 10.0. The summed E-state index contributed by atoms with van der Waals surface area (Å²) >= 11 is 0. The molecule has 0 aromatic carbocycles. The molecule has 0 fully saturated rings. The van der Waals surface area contributed by atoms with Crippen molar-refractivity contribution in [3.63, 3.8) is 0 Å². The molecule has 1 aromatic rings. The average molecular weight is 320 g/mol. The zero-order valence-electron chi connectivity index (χ0n) is 14.9. The number of aromatic nitrogens is 3. The number of nitrogens with one attached hydrogen (secondary N) is 2. The Bertz CT molecular complexity index is 491. The first kappa shape index (κ1) is 17.8. The molecule has 1 aliphatic rings. The van der Waals surface area contributed by atoms with Gasteiger partial charge in [-0.15, -0.1) is 10.2 Å². The number of nitrogens with zero attached hydrogens (tertiary/aromatic N) is 4. The van der Waals surface area contributed by atoms with Crippen LogP contribution in [0.25, 0.3) is 0 Å². The van der Waals surface area contributed by atoms with Crippen molar-refractivity contribution in [2.45, 2.75) is 71.9 Å². The van der Waals surface area contributed by atoms with Crippen LogP contribution in [0.4, 0.5) is 0 Å². The summed E-state index contributed by atoms with van der Waals surface area (Å²) in [6.45, 7) is 7.28. The quantitative estimate of drug-likeness (QED) is 0.417. The summed E-state index contributed by atoms with van der Waals surface area (Å²) in [4.78, 5) is 4.28. The number of hydrogen-bond acceptors (Lipinski definition) is 3. The van der Waals surface area contributed by atoms with Crippen molar-refractivity contribution in [2.75, 3.05) is 13.6 Å². The minimum atomic E-state index is 0.682. The number of hydrogen-bond donors (Lipinski definition) is 2. The van der Waals surface area contributed by atoms with E-state index in [1.165, 1.54) is 38.5 Å². The molecule has 0 atom stereocenters. The molecule has 130 valence electrons. The molecule has 23 heavy (non-hydrogen) atoms. The maximum absolute atomic E-state index is 4.28. The van der Waals surface area contributed by atoms with E-state index in [1.54, 1.807) is 0 Å². The lowest BCUT2D eigenvalue weighted by Gasteiger charge is -2.12. The number of aliphatic imine (C=N–C) groups is 1. The second-order valence-corrected chi connectivity index (χ2v) is 6.74. The van der Waals surface area contributed by atoms with Gasteiger partial charge in [0.2, 0.25) is 0 Å². The number of fused-ring (bicyclic) bond motifs is 1. The second-order valence-electron chi connectivity index (χ2n) is 6.74. The molecular formula is C17H32N6. The zero-order valence-corrected chi connectivity index (χ0v) is 14.9. The third-order valence-corrected chi connectivity index (χ3v) is 4.32. The minimum Gasteiger partial charge on any atom is -0.356 e. The van der Waals surface area contributed by atoms with Crippen LogP contribution < -0.4 is 10.6 Å². The maximum atomic E-state index is 4.28. The molecule has 1 aliphatic heterocycles. The third kappa shape index (κ3) is 5.84. The van der Waals surface area contributed by atoms with Gasteiger partial charge in [-0.25, -0.2) is 0 Å². The van der Waals surface area contributed by atoms with Gasteiger partial charge in [0, 0.05) is 26.6 Å². The minimum absolute atomic E-state index is 0.682. The van der Waals surface area contributed by atoms with E-state index in [4.69, 9.17) is 0 Å². The lowest BCUT2D eigenvalue weighted by Crippen LogP contribution is -2.37. The highest BCUT2D eigenvalue weighted by atomic mass is 15.3. The van der Waals surface area contributed by atoms with Crippen molar-refractivity contribution in [1.29, 1.82) is 0 Å². The highest BCUT2D eigenvalue weighted by Crippen LogP contribution is 2.13. The van der Waals surface area contributed by atoms with Crippen molar-refractivity contribution in [3.05, 3.63) is 11.6 Å². The molecule has 6 nitrogen and oxygen atoms in total. The predicted molar refractivity (Wildman–Crippen MR) is 94.5 cm³/mol. The van der Waals surface area contributed by atoms with Crippen LogP contribution in [0.1, 0.15) is 64.0 Å². The molecule has 0 aliphatic carbocycles. The molecule has 0 amide bonds. The maximum Gasteiger partial charge on any atom is 0.191 e. The van der Waals surface area contributed by atoms with Gasteiger partial charge in [0.15, 0.2) is 11.8 Å². The van der Waals surface area contributed by atoms with Gasteiger partial charge in [0.25, 0.3) is 0 Å². The molecule has 0 unspecified atom stereocenters. The van der Waals surface area contributed by atoms with Gasteiger partial charge >= 0.3 is 0 Å². The standard InChI is InChI=1S/C17H32N6/c1-14(2)9-6-4-5-7-11-19-17(18-3)20-13-16-22-21-15-10-8-12-23(15)16/h14H,4-13H2,1-3H3,(H2,18,19,20). The Hall–Kier alpha value is -1.59. The van der Waals surface area contributed by atoms with Crippen LogP contribution in [0.15, 0.2) is 4.99 Å². The van der Waals surface area contributed by atoms with Crippen molar-refractivity contribution in [2.24, 2.45) is 10.9 Å². The SMILES string of the molecule is CN=C(NCCCCCCC(C)C)NCc1nnc2n1CCC2. The molecule has 2 rings (SSSR count). The van der Waals surface area contributed by atoms with Crippen LogP contribution in [-0.4, -0.2) is 34.3 Å². The Morgan fingerprint density at radius 3 is 2.78 bits per heavy atom. The highest BCUT2D eigenvalue weighted by molar-refractivity contribution is 5.79. The molecule has 0 bridgehead atoms. The molecule has 6 heteroatoms. The summed E-state index contributed by atoms with van der Waals surface area (Å²) in [5, 5.41) is 15.2. The molecule has 0 saturated heterocycles. The van der Waals surface area contributed by atoms with E-state index in [0.29, 0.717) is 6.54 Å². The van der Waals surface area contributed by atoms with Crippen LogP contribution in [0.3, 0.4) is 0 Å². The molecule has 1 aromatic heterocycles. The fourth-order valence-electron chi connectivity index (χ4n) is 2.96. The van der Waals surface area contributed by atoms with E-state index in [0.717, 1.165) is 43.0 Å². The second kappa shape index (κ2) is 9.53. The summed E-state index contributed by atoms with van der Waals surface area (Å²) in [5.74, 6) is 3.80. The van der Waals surface area contributed by atoms with Gasteiger partial charge in [0.1, 0.15) is 5.82 Å². The first-order valence-electron chi connectivity index (χ1n) is 9.06. The van der Waals surface area contributed by atoms with Gasteiger partial charge in [0.05, 0.1) is 6.54 Å². The first-order chi connectivity index (χ1) is 11.2. The van der Waals surface area contributed by atoms with E-state index >= 15 is 0 Å². The summed E-state index contributed by atoms with van der Waals surface area (Å²) < 4.78 is 2.22. The topological polar surface area (TPSA) is 67.1 Å². The Morgan fingerprint density at radius 1 is 1.17 bits per heavy atom. The molecule has 0 radical (unpaired) electrons. The summed E-state index contributed by atoms with van der Waals surface area (Å²) in [7, 11) is 1.81. The fraction of sp³-hybridized carbons (Fsp3) is 0.824. The Labute approximate surface area is 140 Å². The Kier molecular flexibility index (Phi) is 7.36. The van der Waals surface area contributed by atoms with Gasteiger partial charge in [-0.3, -0.25) is 4.99 Å². The predicted octanol–water partition coefficient (Wildman–Crippen LogP) is 2.50. The highest BCUT2D eigenvalue weighted by Gasteiger charge is 2.16. The molecule has 0 spiro atoms. The van der Waals surface area contributed by atoms with Crippen LogP contribution in [0, 0.1) is 5.92 Å². The Morgan fingerprint density at radius 2 is 2.00 bits per heavy atom. The van der Waals surface area contributed by atoms with Gasteiger partial charge < -0.3 is 15.2 Å². The summed E-state index contributed by atoms with van der Waals surface area (Å²) in [5.41, 5.74) is 0. The normalized spacial score (nSPS) is 14.3. The third-order valence-electron chi connectivity index (χ3n) is 4.32. The fourth-order valence-corrected chi connectivity index (χ4v) is 2.96. The van der Waals surface area contributed by atoms with E-state index in [-0.39, 0.29) is 0 Å². The van der Waals surface area contributed by atoms with E-state index in [2.05, 4.69) is 44.2 Å². The van der Waals surface area contributed by atoms with Crippen LogP contribution in [-0.2, 0) is 19.5 Å². The number of unbranched alkanes of at least 4 members (excludes halogenated alkanes) is 3. The van der Waals surface area contributed by atoms with Crippen molar-refractivity contribution in [3.8, 4) is 0 Å². The van der Waals surface area contributed by atoms with E-state index in [1.807, 2.05) is 7.05 Å². The van der Waals surface area contributed by atoms with Gasteiger partial charge in [-0.2, -0.15) is 0 Å². The van der Waals surface area contributed by atoms with Gasteiger partial charge in [-0.05, 0) is 18.8 Å². The van der Waals surface area contributed by atoms with Crippen LogP contribution in [0.5, 0.6) is 0 Å². The molecule has 2 N–H and O–H groups in total. The Balaban J connectivity index is 1.58. The molecular weight excluding hydrogens is 288 g/mol. The number of guanidine groups is 1.